The Kier molecular flexibility index (Phi) is 5.97. The zero-order valence-electron chi connectivity index (χ0n) is 18.3. The van der Waals surface area contributed by atoms with Crippen LogP contribution in [-0.4, -0.2) is 34.0 Å². The largest absolute Gasteiger partial charge is 0.507 e. The zero-order chi connectivity index (χ0) is 25.7. The third-order valence-electron chi connectivity index (χ3n) is 5.69. The maximum Gasteiger partial charge on any atom is 0.301 e. The van der Waals surface area contributed by atoms with Gasteiger partial charge in [0.2, 0.25) is 0 Å². The number of ketones is 1. The number of phenols is 1. The van der Waals surface area contributed by atoms with Crippen LogP contribution in [0.25, 0.3) is 16.0 Å². The Hall–Kier alpha value is -3.83. The summed E-state index contributed by atoms with van der Waals surface area (Å²) >= 11 is 4.24. The van der Waals surface area contributed by atoms with Crippen LogP contribution >= 0.6 is 27.3 Å². The van der Waals surface area contributed by atoms with E-state index in [1.165, 1.54) is 49.6 Å². The lowest BCUT2D eigenvalue weighted by molar-refractivity contribution is -0.132. The van der Waals surface area contributed by atoms with Crippen LogP contribution in [0.2, 0.25) is 0 Å². The molecule has 1 aliphatic heterocycles. The topological polar surface area (TPSA) is 100.0 Å². The number of hydrogen-bond donors (Lipinski definition) is 2. The van der Waals surface area contributed by atoms with E-state index in [9.17, 15) is 28.6 Å². The molecule has 2 N–H and O–H groups in total. The highest BCUT2D eigenvalue weighted by Gasteiger charge is 2.48. The molecule has 0 spiro atoms. The maximum absolute atomic E-state index is 13.8. The summed E-state index contributed by atoms with van der Waals surface area (Å²) in [5.41, 5.74) is 0.581. The fourth-order valence-electron chi connectivity index (χ4n) is 4.01. The molecule has 182 valence electrons. The minimum absolute atomic E-state index is 0.0538. The first kappa shape index (κ1) is 23.9. The highest BCUT2D eigenvalue weighted by Crippen LogP contribution is 2.47. The molecule has 1 saturated heterocycles. The lowest BCUT2D eigenvalue weighted by Gasteiger charge is -2.24. The number of Topliss-reactive ketones (excluding diaryl/α,β-unsaturated/α-hetero) is 1. The van der Waals surface area contributed by atoms with E-state index in [1.54, 1.807) is 0 Å². The molecule has 36 heavy (non-hydrogen) atoms. The highest BCUT2D eigenvalue weighted by molar-refractivity contribution is 9.10. The molecule has 1 aromatic heterocycles. The van der Waals surface area contributed by atoms with E-state index in [4.69, 9.17) is 4.74 Å². The van der Waals surface area contributed by atoms with Crippen molar-refractivity contribution >= 4 is 60.1 Å². The first-order valence-corrected chi connectivity index (χ1v) is 12.0. The van der Waals surface area contributed by atoms with Crippen LogP contribution in [0.4, 0.5) is 13.9 Å². The number of rotatable bonds is 4. The lowest BCUT2D eigenvalue weighted by Crippen LogP contribution is -2.29. The first-order valence-electron chi connectivity index (χ1n) is 10.4. The molecule has 0 saturated carbocycles. The predicted octanol–water partition coefficient (Wildman–Crippen LogP) is 5.68. The van der Waals surface area contributed by atoms with E-state index in [0.29, 0.717) is 15.8 Å². The molecule has 2 heterocycles. The number of aromatic nitrogens is 1. The zero-order valence-corrected chi connectivity index (χ0v) is 20.7. The summed E-state index contributed by atoms with van der Waals surface area (Å²) < 4.78 is 33.2. The Labute approximate surface area is 215 Å². The molecule has 11 heteroatoms. The second-order valence-corrected chi connectivity index (χ2v) is 9.70. The van der Waals surface area contributed by atoms with Crippen molar-refractivity contribution in [1.29, 1.82) is 0 Å². The number of anilines is 1. The Morgan fingerprint density at radius 2 is 1.78 bits per heavy atom. The van der Waals surface area contributed by atoms with E-state index in [2.05, 4.69) is 20.9 Å². The molecule has 5 rings (SSSR count). The van der Waals surface area contributed by atoms with Gasteiger partial charge in [-0.2, -0.15) is 0 Å². The lowest BCUT2D eigenvalue weighted by atomic mass is 9.95. The van der Waals surface area contributed by atoms with Gasteiger partial charge in [-0.05, 0) is 76.1 Å². The van der Waals surface area contributed by atoms with Crippen LogP contribution in [0.15, 0.2) is 64.6 Å². The molecule has 7 nitrogen and oxygen atoms in total. The van der Waals surface area contributed by atoms with Gasteiger partial charge in [-0.15, -0.1) is 0 Å². The van der Waals surface area contributed by atoms with Crippen LogP contribution in [0.3, 0.4) is 0 Å². The number of hydrogen-bond acceptors (Lipinski definition) is 7. The number of nitrogens with zero attached hydrogens (tertiary/aromatic N) is 2. The number of methoxy groups -OCH3 is 1. The van der Waals surface area contributed by atoms with E-state index in [0.717, 1.165) is 28.4 Å². The smallest absolute Gasteiger partial charge is 0.301 e. The molecule has 0 radical (unpaired) electrons. The van der Waals surface area contributed by atoms with Gasteiger partial charge in [0.15, 0.2) is 16.6 Å². The molecule has 0 bridgehead atoms. The molecule has 4 aromatic rings. The number of thiazole rings is 1. The van der Waals surface area contributed by atoms with Crippen molar-refractivity contribution < 1.29 is 33.3 Å². The maximum atomic E-state index is 13.8. The Morgan fingerprint density at radius 3 is 2.47 bits per heavy atom. The van der Waals surface area contributed by atoms with Gasteiger partial charge in [-0.1, -0.05) is 11.3 Å². The number of fused-ring (bicyclic) bond motifs is 1. The number of aromatic hydroxyl groups is 1. The van der Waals surface area contributed by atoms with Crippen molar-refractivity contribution in [2.45, 2.75) is 6.04 Å². The molecule has 1 amide bonds. The summed E-state index contributed by atoms with van der Waals surface area (Å²) in [4.78, 5) is 32.1. The second-order valence-electron chi connectivity index (χ2n) is 7.84. The van der Waals surface area contributed by atoms with Gasteiger partial charge in [0.25, 0.3) is 5.78 Å². The van der Waals surface area contributed by atoms with Gasteiger partial charge in [0.1, 0.15) is 17.4 Å². The number of halogens is 3. The number of carbonyl (C=O) groups excluding carboxylic acids is 2. The molecular weight excluding hydrogens is 558 g/mol. The van der Waals surface area contributed by atoms with Crippen LogP contribution in [0.1, 0.15) is 17.2 Å². The molecule has 1 fully saturated rings. The van der Waals surface area contributed by atoms with Gasteiger partial charge >= 0.3 is 5.91 Å². The number of ether oxygens (including phenoxy) is 1. The second kappa shape index (κ2) is 8.99. The summed E-state index contributed by atoms with van der Waals surface area (Å²) in [7, 11) is 1.34. The van der Waals surface area contributed by atoms with Crippen LogP contribution in [-0.2, 0) is 9.59 Å². The van der Waals surface area contributed by atoms with Crippen molar-refractivity contribution in [1.82, 2.24) is 4.98 Å². The van der Waals surface area contributed by atoms with Crippen LogP contribution in [0, 0.1) is 11.6 Å². The van der Waals surface area contributed by atoms with Gasteiger partial charge < -0.3 is 14.9 Å². The molecule has 1 atom stereocenters. The minimum Gasteiger partial charge on any atom is -0.507 e. The Bertz CT molecular complexity index is 1590. The number of amides is 1. The fourth-order valence-corrected chi connectivity index (χ4v) is 5.48. The van der Waals surface area contributed by atoms with Crippen molar-refractivity contribution in [3.8, 4) is 11.5 Å². The monoisotopic (exact) mass is 572 g/mol. The standard InChI is InChI=1S/C25H15BrF2N2O5S/c1-35-17-9-12(8-15(26)22(17)32)20-19(21(31)11-2-4-13(27)5-3-11)23(33)24(34)30(20)25-29-16-7-6-14(28)10-18(16)36-25/h2-10,20,31-32H,1H3. The van der Waals surface area contributed by atoms with Crippen LogP contribution < -0.4 is 9.64 Å². The van der Waals surface area contributed by atoms with E-state index in [1.807, 2.05) is 0 Å². The quantitative estimate of drug-likeness (QED) is 0.185. The van der Waals surface area contributed by atoms with Crippen molar-refractivity contribution in [2.75, 3.05) is 12.0 Å². The molecular formula is C25H15BrF2N2O5S. The average Bonchev–Trinajstić information content (AvgIpc) is 3.38. The summed E-state index contributed by atoms with van der Waals surface area (Å²) in [5.74, 6) is -3.65. The first-order chi connectivity index (χ1) is 17.2. The van der Waals surface area contributed by atoms with Crippen molar-refractivity contribution in [3.63, 3.8) is 0 Å². The van der Waals surface area contributed by atoms with E-state index < -0.39 is 35.1 Å². The molecule has 1 aliphatic rings. The number of benzene rings is 3. The van der Waals surface area contributed by atoms with Gasteiger partial charge in [-0.25, -0.2) is 13.8 Å². The molecule has 0 aliphatic carbocycles. The summed E-state index contributed by atoms with van der Waals surface area (Å²) in [6, 6.07) is 10.5. The van der Waals surface area contributed by atoms with Gasteiger partial charge in [0.05, 0.1) is 33.4 Å². The Balaban J connectivity index is 1.77. The third-order valence-corrected chi connectivity index (χ3v) is 7.32. The number of carbonyl (C=O) groups is 2. The van der Waals surface area contributed by atoms with Crippen molar-refractivity contribution in [2.24, 2.45) is 0 Å². The van der Waals surface area contributed by atoms with E-state index in [-0.39, 0.29) is 32.2 Å². The summed E-state index contributed by atoms with van der Waals surface area (Å²) in [6.45, 7) is 0. The van der Waals surface area contributed by atoms with Crippen molar-refractivity contribution in [3.05, 3.63) is 87.4 Å². The molecule has 3 aromatic carbocycles. The average molecular weight is 573 g/mol. The summed E-state index contributed by atoms with van der Waals surface area (Å²) in [5, 5.41) is 21.5. The number of aliphatic hydroxyl groups excluding tert-OH is 1. The third kappa shape index (κ3) is 3.90. The highest BCUT2D eigenvalue weighted by atomic mass is 79.9. The summed E-state index contributed by atoms with van der Waals surface area (Å²) in [6.07, 6.45) is 0. The van der Waals surface area contributed by atoms with E-state index >= 15 is 0 Å². The minimum atomic E-state index is -1.19. The Morgan fingerprint density at radius 1 is 1.08 bits per heavy atom. The molecule has 1 unspecified atom stereocenters. The number of phenolic OH excluding ortho intramolecular Hbond substituents is 1. The van der Waals surface area contributed by atoms with Crippen LogP contribution in [0.5, 0.6) is 11.5 Å². The van der Waals surface area contributed by atoms with Gasteiger partial charge in [0, 0.05) is 5.56 Å². The fraction of sp³-hybridized carbons (Fsp3) is 0.0800. The SMILES string of the molecule is COc1cc(C2C(=C(O)c3ccc(F)cc3)C(=O)C(=O)N2c2nc3ccc(F)cc3s2)cc(Br)c1O. The van der Waals surface area contributed by atoms with Gasteiger partial charge in [-0.3, -0.25) is 14.5 Å². The number of aliphatic hydroxyl groups is 1. The predicted molar refractivity (Wildman–Crippen MR) is 133 cm³/mol. The normalized spacial score (nSPS) is 17.2.